The zero-order chi connectivity index (χ0) is 18.4. The van der Waals surface area contributed by atoms with Crippen molar-refractivity contribution < 1.29 is 4.79 Å². The molecule has 0 aliphatic heterocycles. The van der Waals surface area contributed by atoms with Gasteiger partial charge in [-0.3, -0.25) is 4.79 Å². The highest BCUT2D eigenvalue weighted by atomic mass is 35.5. The van der Waals surface area contributed by atoms with Gasteiger partial charge in [0, 0.05) is 12.2 Å². The van der Waals surface area contributed by atoms with Crippen LogP contribution in [-0.2, 0) is 0 Å². The molecule has 0 bridgehead atoms. The number of anilines is 2. The summed E-state index contributed by atoms with van der Waals surface area (Å²) < 4.78 is 0. The van der Waals surface area contributed by atoms with Crippen LogP contribution in [0.4, 0.5) is 11.5 Å². The number of nitrogens with one attached hydrogen (secondary N) is 2. The predicted octanol–water partition coefficient (Wildman–Crippen LogP) is 5.15. The molecule has 3 rings (SSSR count). The van der Waals surface area contributed by atoms with Crippen molar-refractivity contribution >= 4 is 40.6 Å². The first-order valence-electron chi connectivity index (χ1n) is 8.62. The van der Waals surface area contributed by atoms with Crippen LogP contribution in [0.1, 0.15) is 42.6 Å². The first-order valence-corrected chi connectivity index (χ1v) is 9.37. The van der Waals surface area contributed by atoms with Crippen molar-refractivity contribution in [3.8, 4) is 0 Å². The Morgan fingerprint density at radius 3 is 2.69 bits per heavy atom. The van der Waals surface area contributed by atoms with E-state index in [4.69, 9.17) is 23.2 Å². The van der Waals surface area contributed by atoms with Gasteiger partial charge in [-0.2, -0.15) is 0 Å². The largest absolute Gasteiger partial charge is 0.350 e. The zero-order valence-electron chi connectivity index (χ0n) is 14.3. The molecule has 0 spiro atoms. The molecule has 2 N–H and O–H groups in total. The molecule has 0 unspecified atom stereocenters. The second-order valence-electron chi connectivity index (χ2n) is 6.15. The van der Waals surface area contributed by atoms with Crippen LogP contribution in [0, 0.1) is 0 Å². The average molecular weight is 391 g/mol. The highest BCUT2D eigenvalue weighted by molar-refractivity contribution is 6.42. The molecule has 136 valence electrons. The molecule has 7 heteroatoms. The lowest BCUT2D eigenvalue weighted by Crippen LogP contribution is -2.26. The number of aromatic nitrogens is 2. The van der Waals surface area contributed by atoms with Crippen LogP contribution in [0.3, 0.4) is 0 Å². The van der Waals surface area contributed by atoms with E-state index >= 15 is 0 Å². The van der Waals surface area contributed by atoms with Crippen LogP contribution in [0.15, 0.2) is 42.2 Å². The van der Waals surface area contributed by atoms with Gasteiger partial charge in [-0.15, -0.1) is 0 Å². The number of allylic oxidation sites excluding steroid dienone is 1. The number of hydrogen-bond donors (Lipinski definition) is 2. The average Bonchev–Trinajstić information content (AvgIpc) is 2.66. The minimum atomic E-state index is -0.213. The summed E-state index contributed by atoms with van der Waals surface area (Å²) in [6.45, 7) is 0.621. The monoisotopic (exact) mass is 390 g/mol. The number of amides is 1. The van der Waals surface area contributed by atoms with Crippen molar-refractivity contribution in [2.24, 2.45) is 0 Å². The smallest absolute Gasteiger partial charge is 0.271 e. The number of carbonyl (C=O) groups excluding carboxylic acids is 1. The molecule has 0 radical (unpaired) electrons. The topological polar surface area (TPSA) is 66.9 Å². The van der Waals surface area contributed by atoms with Gasteiger partial charge in [0.2, 0.25) is 0 Å². The molecule has 1 aromatic heterocycles. The second-order valence-corrected chi connectivity index (χ2v) is 6.97. The van der Waals surface area contributed by atoms with Crippen molar-refractivity contribution in [2.75, 3.05) is 11.9 Å². The maximum Gasteiger partial charge on any atom is 0.271 e. The Morgan fingerprint density at radius 1 is 1.12 bits per heavy atom. The summed E-state index contributed by atoms with van der Waals surface area (Å²) in [5.41, 5.74) is 2.47. The van der Waals surface area contributed by atoms with E-state index < -0.39 is 0 Å². The van der Waals surface area contributed by atoms with Gasteiger partial charge in [0.25, 0.3) is 5.91 Å². The number of benzene rings is 1. The first-order chi connectivity index (χ1) is 12.6. The summed E-state index contributed by atoms with van der Waals surface area (Å²) >= 11 is 11.9. The van der Waals surface area contributed by atoms with Crippen LogP contribution in [0.25, 0.3) is 0 Å². The highest BCUT2D eigenvalue weighted by Crippen LogP contribution is 2.26. The number of halogens is 2. The van der Waals surface area contributed by atoms with Gasteiger partial charge >= 0.3 is 0 Å². The summed E-state index contributed by atoms with van der Waals surface area (Å²) in [4.78, 5) is 20.5. The number of nitrogens with zero attached hydrogens (tertiary/aromatic N) is 2. The van der Waals surface area contributed by atoms with Gasteiger partial charge < -0.3 is 10.6 Å². The lowest BCUT2D eigenvalue weighted by Gasteiger charge is -2.12. The summed E-state index contributed by atoms with van der Waals surface area (Å²) in [5.74, 6) is 0.308. The Bertz CT molecular complexity index is 806. The normalized spacial score (nSPS) is 13.8. The molecule has 1 amide bonds. The second kappa shape index (κ2) is 9.01. The molecule has 1 heterocycles. The summed E-state index contributed by atoms with van der Waals surface area (Å²) in [6.07, 6.45) is 11.0. The Hall–Kier alpha value is -2.11. The van der Waals surface area contributed by atoms with Gasteiger partial charge in [-0.1, -0.05) is 34.9 Å². The Labute approximate surface area is 162 Å². The van der Waals surface area contributed by atoms with Crippen LogP contribution >= 0.6 is 23.2 Å². The summed E-state index contributed by atoms with van der Waals surface area (Å²) in [7, 11) is 0. The van der Waals surface area contributed by atoms with Crippen molar-refractivity contribution in [3.63, 3.8) is 0 Å². The van der Waals surface area contributed by atoms with Gasteiger partial charge in [-0.25, -0.2) is 9.97 Å². The van der Waals surface area contributed by atoms with Gasteiger partial charge in [0.15, 0.2) is 0 Å². The SMILES string of the molecule is O=C(NCCC1=CCCCC1)c1cnc(Nc2ccc(Cl)c(Cl)c2)cn1. The van der Waals surface area contributed by atoms with Crippen LogP contribution < -0.4 is 10.6 Å². The van der Waals surface area contributed by atoms with Crippen molar-refractivity contribution in [1.29, 1.82) is 0 Å². The third-order valence-corrected chi connectivity index (χ3v) is 4.93. The van der Waals surface area contributed by atoms with Crippen LogP contribution in [0.2, 0.25) is 10.0 Å². The molecule has 1 aliphatic carbocycles. The molecular weight excluding hydrogens is 371 g/mol. The fourth-order valence-electron chi connectivity index (χ4n) is 2.79. The summed E-state index contributed by atoms with van der Waals surface area (Å²) in [6, 6.07) is 5.19. The Morgan fingerprint density at radius 2 is 2.00 bits per heavy atom. The van der Waals surface area contributed by atoms with Gasteiger partial charge in [-0.05, 0) is 50.3 Å². The van der Waals surface area contributed by atoms with E-state index in [1.54, 1.807) is 18.2 Å². The third kappa shape index (κ3) is 5.19. The fraction of sp³-hybridized carbons (Fsp3) is 0.316. The third-order valence-electron chi connectivity index (χ3n) is 4.19. The van der Waals surface area contributed by atoms with E-state index in [0.29, 0.717) is 28.1 Å². The van der Waals surface area contributed by atoms with E-state index in [0.717, 1.165) is 24.9 Å². The molecule has 1 aromatic carbocycles. The van der Waals surface area contributed by atoms with Gasteiger partial charge in [0.05, 0.1) is 22.4 Å². The fourth-order valence-corrected chi connectivity index (χ4v) is 3.09. The maximum absolute atomic E-state index is 12.2. The molecular formula is C19H20Cl2N4O. The Balaban J connectivity index is 1.52. The van der Waals surface area contributed by atoms with E-state index in [-0.39, 0.29) is 5.91 Å². The predicted molar refractivity (Wildman–Crippen MR) is 105 cm³/mol. The molecule has 2 aromatic rings. The quantitative estimate of drug-likeness (QED) is 0.669. The number of hydrogen-bond acceptors (Lipinski definition) is 4. The molecule has 1 aliphatic rings. The maximum atomic E-state index is 12.2. The molecule has 5 nitrogen and oxygen atoms in total. The minimum absolute atomic E-state index is 0.213. The number of carbonyl (C=O) groups is 1. The molecule has 0 fully saturated rings. The first kappa shape index (κ1) is 18.7. The summed E-state index contributed by atoms with van der Waals surface area (Å²) in [5, 5.41) is 6.90. The zero-order valence-corrected chi connectivity index (χ0v) is 15.8. The molecule has 0 atom stereocenters. The van der Waals surface area contributed by atoms with Crippen LogP contribution in [0.5, 0.6) is 0 Å². The molecule has 26 heavy (non-hydrogen) atoms. The lowest BCUT2D eigenvalue weighted by atomic mass is 9.97. The van der Waals surface area contributed by atoms with Crippen molar-refractivity contribution in [1.82, 2.24) is 15.3 Å². The van der Waals surface area contributed by atoms with Crippen LogP contribution in [-0.4, -0.2) is 22.4 Å². The van der Waals surface area contributed by atoms with E-state index in [1.807, 2.05) is 0 Å². The minimum Gasteiger partial charge on any atom is -0.350 e. The molecule has 0 saturated heterocycles. The van der Waals surface area contributed by atoms with Crippen molar-refractivity contribution in [2.45, 2.75) is 32.1 Å². The Kier molecular flexibility index (Phi) is 6.47. The number of rotatable bonds is 6. The van der Waals surface area contributed by atoms with Crippen molar-refractivity contribution in [3.05, 3.63) is 58.0 Å². The van der Waals surface area contributed by atoms with E-state index in [2.05, 4.69) is 26.7 Å². The standard InChI is InChI=1S/C19H20Cl2N4O/c20-15-7-6-14(10-16(15)21)25-18-12-23-17(11-24-18)19(26)22-9-8-13-4-2-1-3-5-13/h4,6-7,10-12H,1-3,5,8-9H2,(H,22,26)(H,24,25). The van der Waals surface area contributed by atoms with E-state index in [1.165, 1.54) is 30.8 Å². The van der Waals surface area contributed by atoms with E-state index in [9.17, 15) is 4.79 Å². The van der Waals surface area contributed by atoms with Gasteiger partial charge in [0.1, 0.15) is 11.5 Å². The molecule has 0 saturated carbocycles. The lowest BCUT2D eigenvalue weighted by molar-refractivity contribution is 0.0948. The highest BCUT2D eigenvalue weighted by Gasteiger charge is 2.09.